The first-order valence-corrected chi connectivity index (χ1v) is 6.40. The number of benzene rings is 1. The Kier molecular flexibility index (Phi) is 3.19. The van der Waals surface area contributed by atoms with Gasteiger partial charge in [-0.3, -0.25) is 9.78 Å². The van der Waals surface area contributed by atoms with Crippen molar-refractivity contribution in [3.8, 4) is 11.4 Å². The van der Waals surface area contributed by atoms with Crippen LogP contribution >= 0.6 is 0 Å². The molecule has 0 aliphatic carbocycles. The highest BCUT2D eigenvalue weighted by atomic mass is 16.2. The summed E-state index contributed by atoms with van der Waals surface area (Å²) in [6.07, 6.45) is 3.07. The number of hydrogen-bond acceptors (Lipinski definition) is 5. The van der Waals surface area contributed by atoms with Crippen molar-refractivity contribution in [1.29, 1.82) is 0 Å². The molecule has 2 aromatic heterocycles. The van der Waals surface area contributed by atoms with Crippen LogP contribution in [-0.2, 0) is 0 Å². The van der Waals surface area contributed by atoms with Crippen LogP contribution < -0.4 is 5.73 Å². The second-order valence-corrected chi connectivity index (χ2v) is 4.57. The molecule has 1 aromatic carbocycles. The molecule has 0 fully saturated rings. The first-order valence-electron chi connectivity index (χ1n) is 6.40. The fraction of sp³-hybridized carbons (Fsp3) is 0.0667. The normalized spacial score (nSPS) is 10.5. The molecule has 0 bridgehead atoms. The zero-order valence-electron chi connectivity index (χ0n) is 11.4. The second-order valence-electron chi connectivity index (χ2n) is 4.57. The molecule has 3 aromatic rings. The van der Waals surface area contributed by atoms with E-state index in [0.29, 0.717) is 11.4 Å². The summed E-state index contributed by atoms with van der Waals surface area (Å²) in [6.45, 7) is 1.95. The van der Waals surface area contributed by atoms with Gasteiger partial charge in [0, 0.05) is 18.0 Å². The minimum absolute atomic E-state index is 0.0575. The number of rotatable bonds is 2. The van der Waals surface area contributed by atoms with Gasteiger partial charge in [-0.2, -0.15) is 9.67 Å². The molecule has 104 valence electrons. The first kappa shape index (κ1) is 13.0. The molecular formula is C15H13N5O. The monoisotopic (exact) mass is 279 g/mol. The second kappa shape index (κ2) is 5.16. The van der Waals surface area contributed by atoms with Gasteiger partial charge in [-0.1, -0.05) is 24.3 Å². The Balaban J connectivity index is 2.03. The molecule has 21 heavy (non-hydrogen) atoms. The summed E-state index contributed by atoms with van der Waals surface area (Å²) in [5.41, 5.74) is 8.09. The fourth-order valence-electron chi connectivity index (χ4n) is 2.02. The van der Waals surface area contributed by atoms with E-state index in [1.54, 1.807) is 18.3 Å². The molecule has 0 aliphatic heterocycles. The number of aryl methyl sites for hydroxylation is 1. The summed E-state index contributed by atoms with van der Waals surface area (Å²) < 4.78 is 1.10. The molecule has 0 radical (unpaired) electrons. The lowest BCUT2D eigenvalue weighted by atomic mass is 10.1. The molecule has 3 rings (SSSR count). The van der Waals surface area contributed by atoms with Crippen molar-refractivity contribution >= 4 is 11.9 Å². The van der Waals surface area contributed by atoms with Crippen LogP contribution in [0.25, 0.3) is 11.4 Å². The summed E-state index contributed by atoms with van der Waals surface area (Å²) in [7, 11) is 0. The van der Waals surface area contributed by atoms with Gasteiger partial charge in [0.2, 0.25) is 5.95 Å². The van der Waals surface area contributed by atoms with Crippen molar-refractivity contribution in [2.24, 2.45) is 0 Å². The van der Waals surface area contributed by atoms with Crippen molar-refractivity contribution in [2.45, 2.75) is 6.92 Å². The predicted molar refractivity (Wildman–Crippen MR) is 78.6 cm³/mol. The summed E-state index contributed by atoms with van der Waals surface area (Å²) in [5.74, 6) is 0.137. The predicted octanol–water partition coefficient (Wildman–Crippen LogP) is 1.92. The summed E-state index contributed by atoms with van der Waals surface area (Å²) in [4.78, 5) is 20.4. The highest BCUT2D eigenvalue weighted by Gasteiger charge is 2.17. The van der Waals surface area contributed by atoms with Crippen molar-refractivity contribution in [3.63, 3.8) is 0 Å². The van der Waals surface area contributed by atoms with Gasteiger partial charge in [0.25, 0.3) is 5.91 Å². The van der Waals surface area contributed by atoms with Gasteiger partial charge < -0.3 is 5.73 Å². The fourth-order valence-corrected chi connectivity index (χ4v) is 2.02. The molecule has 6 heteroatoms. The number of nitrogen functional groups attached to an aromatic ring is 1. The zero-order chi connectivity index (χ0) is 14.8. The van der Waals surface area contributed by atoms with Gasteiger partial charge in [-0.15, -0.1) is 5.10 Å². The third kappa shape index (κ3) is 2.38. The molecule has 0 atom stereocenters. The number of anilines is 1. The van der Waals surface area contributed by atoms with E-state index in [1.807, 2.05) is 31.2 Å². The van der Waals surface area contributed by atoms with E-state index in [-0.39, 0.29) is 11.9 Å². The third-order valence-electron chi connectivity index (χ3n) is 3.12. The third-order valence-corrected chi connectivity index (χ3v) is 3.12. The van der Waals surface area contributed by atoms with Crippen LogP contribution in [0.1, 0.15) is 15.9 Å². The van der Waals surface area contributed by atoms with Gasteiger partial charge in [-0.05, 0) is 24.6 Å². The molecule has 0 amide bonds. The van der Waals surface area contributed by atoms with Crippen LogP contribution in [0.3, 0.4) is 0 Å². The lowest BCUT2D eigenvalue weighted by Gasteiger charge is -2.01. The van der Waals surface area contributed by atoms with Crippen LogP contribution in [0.5, 0.6) is 0 Å². The minimum Gasteiger partial charge on any atom is -0.368 e. The van der Waals surface area contributed by atoms with E-state index in [0.717, 1.165) is 15.8 Å². The SMILES string of the molecule is Cc1ccccc1-c1nc(N)n(C(=O)c2cccnc2)n1. The van der Waals surface area contributed by atoms with Gasteiger partial charge in [0.1, 0.15) is 0 Å². The number of carbonyl (C=O) groups excluding carboxylic acids is 1. The van der Waals surface area contributed by atoms with Crippen LogP contribution in [-0.4, -0.2) is 25.7 Å². The minimum atomic E-state index is -0.354. The highest BCUT2D eigenvalue weighted by molar-refractivity contribution is 5.96. The molecule has 2 heterocycles. The van der Waals surface area contributed by atoms with Crippen LogP contribution in [0.2, 0.25) is 0 Å². The topological polar surface area (TPSA) is 86.7 Å². The van der Waals surface area contributed by atoms with E-state index in [2.05, 4.69) is 15.1 Å². The number of aromatic nitrogens is 4. The number of nitrogens with zero attached hydrogens (tertiary/aromatic N) is 4. The van der Waals surface area contributed by atoms with Gasteiger partial charge in [-0.25, -0.2) is 0 Å². The first-order chi connectivity index (χ1) is 10.2. The quantitative estimate of drug-likeness (QED) is 0.774. The maximum absolute atomic E-state index is 12.3. The standard InChI is InChI=1S/C15H13N5O/c1-10-5-2-3-7-12(10)13-18-15(16)20(19-13)14(21)11-6-4-8-17-9-11/h2-9H,1H3,(H2,16,18,19). The van der Waals surface area contributed by atoms with Crippen molar-refractivity contribution in [2.75, 3.05) is 5.73 Å². The lowest BCUT2D eigenvalue weighted by molar-refractivity contribution is 0.0947. The van der Waals surface area contributed by atoms with Crippen LogP contribution in [0.4, 0.5) is 5.95 Å². The van der Waals surface area contributed by atoms with E-state index in [9.17, 15) is 4.79 Å². The maximum Gasteiger partial charge on any atom is 0.282 e. The van der Waals surface area contributed by atoms with Gasteiger partial charge >= 0.3 is 0 Å². The summed E-state index contributed by atoms with van der Waals surface area (Å²) in [5, 5.41) is 4.22. The van der Waals surface area contributed by atoms with Crippen LogP contribution in [0.15, 0.2) is 48.8 Å². The molecule has 0 saturated carbocycles. The molecule has 6 nitrogen and oxygen atoms in total. The summed E-state index contributed by atoms with van der Waals surface area (Å²) in [6, 6.07) is 11.0. The maximum atomic E-state index is 12.3. The van der Waals surface area contributed by atoms with E-state index < -0.39 is 0 Å². The molecule has 2 N–H and O–H groups in total. The molecule has 0 unspecified atom stereocenters. The number of hydrogen-bond donors (Lipinski definition) is 1. The van der Waals surface area contributed by atoms with Crippen molar-refractivity contribution < 1.29 is 4.79 Å². The highest BCUT2D eigenvalue weighted by Crippen LogP contribution is 2.20. The van der Waals surface area contributed by atoms with Gasteiger partial charge in [0.15, 0.2) is 5.82 Å². The van der Waals surface area contributed by atoms with Crippen molar-refractivity contribution in [1.82, 2.24) is 19.7 Å². The Bertz CT molecular complexity index is 795. The Morgan fingerprint density at radius 3 is 2.71 bits per heavy atom. The molecule has 0 aliphatic rings. The number of pyridine rings is 1. The Morgan fingerprint density at radius 1 is 1.19 bits per heavy atom. The summed E-state index contributed by atoms with van der Waals surface area (Å²) >= 11 is 0. The number of nitrogens with two attached hydrogens (primary N) is 1. The van der Waals surface area contributed by atoms with Gasteiger partial charge in [0.05, 0.1) is 5.56 Å². The lowest BCUT2D eigenvalue weighted by Crippen LogP contribution is -2.16. The molecule has 0 spiro atoms. The van der Waals surface area contributed by atoms with E-state index >= 15 is 0 Å². The Labute approximate surface area is 121 Å². The van der Waals surface area contributed by atoms with Crippen molar-refractivity contribution in [3.05, 3.63) is 59.9 Å². The zero-order valence-corrected chi connectivity index (χ0v) is 11.4. The average Bonchev–Trinajstić information content (AvgIpc) is 2.89. The smallest absolute Gasteiger partial charge is 0.282 e. The van der Waals surface area contributed by atoms with Crippen LogP contribution in [0, 0.1) is 6.92 Å². The Hall–Kier alpha value is -3.02. The number of carbonyl (C=O) groups is 1. The van der Waals surface area contributed by atoms with E-state index in [1.165, 1.54) is 6.20 Å². The largest absolute Gasteiger partial charge is 0.368 e. The molecule has 0 saturated heterocycles. The van der Waals surface area contributed by atoms with E-state index in [4.69, 9.17) is 5.73 Å². The Morgan fingerprint density at radius 2 is 2.00 bits per heavy atom. The average molecular weight is 279 g/mol. The molecular weight excluding hydrogens is 266 g/mol.